The van der Waals surface area contributed by atoms with Gasteiger partial charge in [-0.3, -0.25) is 10.1 Å². The molecule has 4 heteroatoms. The van der Waals surface area contributed by atoms with Crippen LogP contribution in [-0.4, -0.2) is 4.92 Å². The van der Waals surface area contributed by atoms with E-state index in [0.29, 0.717) is 5.56 Å². The molecule has 0 aliphatic rings. The molecule has 1 aromatic carbocycles. The lowest BCUT2D eigenvalue weighted by Crippen LogP contribution is -2.14. The summed E-state index contributed by atoms with van der Waals surface area (Å²) in [7, 11) is 0. The Kier molecular flexibility index (Phi) is 3.43. The maximum atomic E-state index is 10.9. The highest BCUT2D eigenvalue weighted by Gasteiger charge is 2.25. The Morgan fingerprint density at radius 3 is 2.19 bits per heavy atom. The molecule has 0 spiro atoms. The number of nitro groups is 1. The Bertz CT molecular complexity index is 447. The van der Waals surface area contributed by atoms with Gasteiger partial charge in [-0.05, 0) is 46.8 Å². The first-order valence-corrected chi connectivity index (χ1v) is 5.90. The molecule has 0 atom stereocenters. The van der Waals surface area contributed by atoms with E-state index in [1.54, 1.807) is 13.8 Å². The quantitative estimate of drug-likeness (QED) is 0.571. The zero-order chi connectivity index (χ0) is 12.7. The van der Waals surface area contributed by atoms with Gasteiger partial charge in [0.15, 0.2) is 0 Å². The number of aryl methyl sites for hydroxylation is 1. The minimum Gasteiger partial charge on any atom is -0.258 e. The standard InChI is InChI=1S/C12H16BrNO2/c1-7-6-9(12(3,4)5)10(13)8(2)11(7)14(15)16/h6H,1-5H3. The van der Waals surface area contributed by atoms with Gasteiger partial charge in [0.25, 0.3) is 5.69 Å². The van der Waals surface area contributed by atoms with E-state index in [9.17, 15) is 10.1 Å². The van der Waals surface area contributed by atoms with Gasteiger partial charge in [0.05, 0.1) is 4.92 Å². The molecule has 0 saturated carbocycles. The smallest absolute Gasteiger partial charge is 0.258 e. The third kappa shape index (κ3) is 2.26. The van der Waals surface area contributed by atoms with Crippen molar-refractivity contribution < 1.29 is 4.92 Å². The average Bonchev–Trinajstić information content (AvgIpc) is 2.09. The predicted molar refractivity (Wildman–Crippen MR) is 69.0 cm³/mol. The van der Waals surface area contributed by atoms with Gasteiger partial charge < -0.3 is 0 Å². The molecule has 0 heterocycles. The maximum absolute atomic E-state index is 10.9. The van der Waals surface area contributed by atoms with E-state index in [0.717, 1.165) is 15.6 Å². The number of halogens is 1. The van der Waals surface area contributed by atoms with Gasteiger partial charge in [0.2, 0.25) is 0 Å². The van der Waals surface area contributed by atoms with E-state index in [1.165, 1.54) is 0 Å². The van der Waals surface area contributed by atoms with Crippen LogP contribution in [0.25, 0.3) is 0 Å². The third-order valence-electron chi connectivity index (χ3n) is 2.65. The Hall–Kier alpha value is -0.900. The van der Waals surface area contributed by atoms with Gasteiger partial charge in [-0.15, -0.1) is 0 Å². The summed E-state index contributed by atoms with van der Waals surface area (Å²) in [6.45, 7) is 9.85. The lowest BCUT2D eigenvalue weighted by molar-refractivity contribution is -0.386. The van der Waals surface area contributed by atoms with Crippen LogP contribution in [0.3, 0.4) is 0 Å². The molecule has 1 aromatic rings. The molecule has 0 aromatic heterocycles. The van der Waals surface area contributed by atoms with Crippen LogP contribution < -0.4 is 0 Å². The summed E-state index contributed by atoms with van der Waals surface area (Å²) in [5.41, 5.74) is 2.71. The van der Waals surface area contributed by atoms with E-state index in [-0.39, 0.29) is 16.0 Å². The second-order valence-electron chi connectivity index (χ2n) is 5.04. The summed E-state index contributed by atoms with van der Waals surface area (Å²) in [4.78, 5) is 10.6. The fourth-order valence-corrected chi connectivity index (χ4v) is 2.67. The first-order valence-electron chi connectivity index (χ1n) is 5.11. The minimum absolute atomic E-state index is 0.0243. The fraction of sp³-hybridized carbons (Fsp3) is 0.500. The summed E-state index contributed by atoms with van der Waals surface area (Å²) in [6, 6.07) is 1.90. The normalized spacial score (nSPS) is 11.6. The molecule has 3 nitrogen and oxygen atoms in total. The van der Waals surface area contributed by atoms with Crippen LogP contribution in [0.5, 0.6) is 0 Å². The first kappa shape index (κ1) is 13.2. The van der Waals surface area contributed by atoms with Gasteiger partial charge in [0, 0.05) is 15.6 Å². The Morgan fingerprint density at radius 1 is 1.31 bits per heavy atom. The van der Waals surface area contributed by atoms with Crippen molar-refractivity contribution >= 4 is 21.6 Å². The molecule has 0 radical (unpaired) electrons. The molecular formula is C12H16BrNO2. The van der Waals surface area contributed by atoms with Crippen molar-refractivity contribution in [2.75, 3.05) is 0 Å². The van der Waals surface area contributed by atoms with Crippen LogP contribution in [0.1, 0.15) is 37.5 Å². The summed E-state index contributed by atoms with van der Waals surface area (Å²) >= 11 is 3.46. The summed E-state index contributed by atoms with van der Waals surface area (Å²) in [5, 5.41) is 10.9. The van der Waals surface area contributed by atoms with Gasteiger partial charge in [-0.25, -0.2) is 0 Å². The van der Waals surface area contributed by atoms with Crippen molar-refractivity contribution in [3.63, 3.8) is 0 Å². The Balaban J connectivity index is 3.58. The molecular weight excluding hydrogens is 270 g/mol. The summed E-state index contributed by atoms with van der Waals surface area (Å²) < 4.78 is 0.845. The van der Waals surface area contributed by atoms with Gasteiger partial charge >= 0.3 is 0 Å². The van der Waals surface area contributed by atoms with Crippen molar-refractivity contribution in [3.05, 3.63) is 37.3 Å². The third-order valence-corrected chi connectivity index (χ3v) is 3.67. The largest absolute Gasteiger partial charge is 0.276 e. The monoisotopic (exact) mass is 285 g/mol. The Labute approximate surface area is 104 Å². The van der Waals surface area contributed by atoms with E-state index >= 15 is 0 Å². The molecule has 0 aliphatic heterocycles. The SMILES string of the molecule is Cc1cc(C(C)(C)C)c(Br)c(C)c1[N+](=O)[O-]. The first-order chi connectivity index (χ1) is 7.16. The molecule has 0 amide bonds. The molecule has 0 aliphatic carbocycles. The highest BCUT2D eigenvalue weighted by molar-refractivity contribution is 9.10. The number of rotatable bonds is 1. The molecule has 16 heavy (non-hydrogen) atoms. The molecule has 88 valence electrons. The second kappa shape index (κ2) is 4.17. The molecule has 0 unspecified atom stereocenters. The molecule has 0 fully saturated rings. The van der Waals surface area contributed by atoms with Crippen molar-refractivity contribution in [2.45, 2.75) is 40.0 Å². The topological polar surface area (TPSA) is 43.1 Å². The van der Waals surface area contributed by atoms with Crippen LogP contribution in [0, 0.1) is 24.0 Å². The zero-order valence-electron chi connectivity index (χ0n) is 10.2. The number of nitro benzene ring substituents is 1. The lowest BCUT2D eigenvalue weighted by atomic mass is 9.85. The van der Waals surface area contributed by atoms with Crippen molar-refractivity contribution in [3.8, 4) is 0 Å². The van der Waals surface area contributed by atoms with E-state index in [1.807, 2.05) is 6.07 Å². The van der Waals surface area contributed by atoms with Crippen molar-refractivity contribution in [2.24, 2.45) is 0 Å². The van der Waals surface area contributed by atoms with Crippen LogP contribution in [0.4, 0.5) is 5.69 Å². The van der Waals surface area contributed by atoms with Crippen molar-refractivity contribution in [1.82, 2.24) is 0 Å². The number of hydrogen-bond acceptors (Lipinski definition) is 2. The van der Waals surface area contributed by atoms with Crippen LogP contribution in [-0.2, 0) is 5.41 Å². The maximum Gasteiger partial charge on any atom is 0.276 e. The second-order valence-corrected chi connectivity index (χ2v) is 5.83. The van der Waals surface area contributed by atoms with Gasteiger partial charge in [-0.1, -0.05) is 20.8 Å². The highest BCUT2D eigenvalue weighted by atomic mass is 79.9. The van der Waals surface area contributed by atoms with Gasteiger partial charge in [0.1, 0.15) is 0 Å². The predicted octanol–water partition coefficient (Wildman–Crippen LogP) is 4.27. The number of benzene rings is 1. The number of nitrogens with zero attached hydrogens (tertiary/aromatic N) is 1. The van der Waals surface area contributed by atoms with Crippen LogP contribution in [0.15, 0.2) is 10.5 Å². The highest BCUT2D eigenvalue weighted by Crippen LogP contribution is 2.38. The summed E-state index contributed by atoms with van der Waals surface area (Å²) in [5.74, 6) is 0. The van der Waals surface area contributed by atoms with E-state index in [2.05, 4.69) is 36.7 Å². The lowest BCUT2D eigenvalue weighted by Gasteiger charge is -2.22. The van der Waals surface area contributed by atoms with E-state index in [4.69, 9.17) is 0 Å². The van der Waals surface area contributed by atoms with Crippen molar-refractivity contribution in [1.29, 1.82) is 0 Å². The number of hydrogen-bond donors (Lipinski definition) is 0. The average molecular weight is 286 g/mol. The molecule has 0 saturated heterocycles. The zero-order valence-corrected chi connectivity index (χ0v) is 11.8. The molecule has 0 N–H and O–H groups in total. The van der Waals surface area contributed by atoms with E-state index < -0.39 is 0 Å². The van der Waals surface area contributed by atoms with Gasteiger partial charge in [-0.2, -0.15) is 0 Å². The molecule has 1 rings (SSSR count). The summed E-state index contributed by atoms with van der Waals surface area (Å²) in [6.07, 6.45) is 0. The fourth-order valence-electron chi connectivity index (χ4n) is 1.78. The Morgan fingerprint density at radius 2 is 1.81 bits per heavy atom. The van der Waals surface area contributed by atoms with Crippen LogP contribution in [0.2, 0.25) is 0 Å². The molecule has 0 bridgehead atoms. The van der Waals surface area contributed by atoms with Crippen LogP contribution >= 0.6 is 15.9 Å². The minimum atomic E-state index is -0.318.